The highest BCUT2D eigenvalue weighted by Crippen LogP contribution is 2.20. The molecule has 0 saturated carbocycles. The van der Waals surface area contributed by atoms with E-state index in [-0.39, 0.29) is 11.9 Å². The lowest BCUT2D eigenvalue weighted by atomic mass is 10.2. The Morgan fingerprint density at radius 1 is 1.38 bits per heavy atom. The standard InChI is InChI=1S/C12H17FN2O/c1-9-7-15(8-10(16)6-14-9)12-5-3-2-4-11(12)13/h2-5,9-10,14,16H,6-8H2,1H3. The third-order valence-electron chi connectivity index (χ3n) is 2.82. The summed E-state index contributed by atoms with van der Waals surface area (Å²) in [5.41, 5.74) is 0.567. The molecule has 1 fully saturated rings. The number of hydrogen-bond acceptors (Lipinski definition) is 3. The molecule has 2 N–H and O–H groups in total. The van der Waals surface area contributed by atoms with E-state index in [2.05, 4.69) is 5.32 Å². The molecule has 3 nitrogen and oxygen atoms in total. The second-order valence-electron chi connectivity index (χ2n) is 4.32. The number of para-hydroxylation sites is 1. The highest BCUT2D eigenvalue weighted by Gasteiger charge is 2.21. The Kier molecular flexibility index (Phi) is 3.41. The topological polar surface area (TPSA) is 35.5 Å². The van der Waals surface area contributed by atoms with Crippen LogP contribution in [-0.4, -0.2) is 36.9 Å². The maximum absolute atomic E-state index is 13.6. The molecule has 1 aliphatic rings. The van der Waals surface area contributed by atoms with E-state index in [9.17, 15) is 9.50 Å². The van der Waals surface area contributed by atoms with Crippen molar-refractivity contribution in [2.24, 2.45) is 0 Å². The summed E-state index contributed by atoms with van der Waals surface area (Å²) in [5, 5.41) is 12.9. The van der Waals surface area contributed by atoms with Gasteiger partial charge in [0.05, 0.1) is 11.8 Å². The van der Waals surface area contributed by atoms with Crippen LogP contribution in [0.3, 0.4) is 0 Å². The molecule has 0 amide bonds. The van der Waals surface area contributed by atoms with Crippen molar-refractivity contribution in [2.75, 3.05) is 24.5 Å². The predicted octanol–water partition coefficient (Wildman–Crippen LogP) is 0.985. The van der Waals surface area contributed by atoms with E-state index in [1.165, 1.54) is 6.07 Å². The highest BCUT2D eigenvalue weighted by atomic mass is 19.1. The summed E-state index contributed by atoms with van der Waals surface area (Å²) in [6.07, 6.45) is -0.454. The largest absolute Gasteiger partial charge is 0.390 e. The molecule has 88 valence electrons. The summed E-state index contributed by atoms with van der Waals surface area (Å²) in [4.78, 5) is 1.89. The maximum Gasteiger partial charge on any atom is 0.146 e. The van der Waals surface area contributed by atoms with Crippen LogP contribution in [0.2, 0.25) is 0 Å². The summed E-state index contributed by atoms with van der Waals surface area (Å²) < 4.78 is 13.6. The van der Waals surface area contributed by atoms with Crippen molar-refractivity contribution in [1.29, 1.82) is 0 Å². The lowest BCUT2D eigenvalue weighted by Crippen LogP contribution is -2.35. The zero-order chi connectivity index (χ0) is 11.5. The van der Waals surface area contributed by atoms with Crippen LogP contribution in [0.25, 0.3) is 0 Å². The van der Waals surface area contributed by atoms with Gasteiger partial charge in [-0.15, -0.1) is 0 Å². The average molecular weight is 224 g/mol. The highest BCUT2D eigenvalue weighted by molar-refractivity contribution is 5.48. The number of nitrogens with one attached hydrogen (secondary N) is 1. The molecule has 2 unspecified atom stereocenters. The first-order valence-corrected chi connectivity index (χ1v) is 5.57. The minimum absolute atomic E-state index is 0.233. The average Bonchev–Trinajstić information content (AvgIpc) is 2.41. The van der Waals surface area contributed by atoms with Gasteiger partial charge in [0.1, 0.15) is 5.82 Å². The molecule has 4 heteroatoms. The van der Waals surface area contributed by atoms with Crippen molar-refractivity contribution in [3.05, 3.63) is 30.1 Å². The van der Waals surface area contributed by atoms with Gasteiger partial charge in [-0.1, -0.05) is 12.1 Å². The van der Waals surface area contributed by atoms with Gasteiger partial charge in [-0.3, -0.25) is 0 Å². The smallest absolute Gasteiger partial charge is 0.146 e. The predicted molar refractivity (Wildman–Crippen MR) is 62.1 cm³/mol. The fourth-order valence-corrected chi connectivity index (χ4v) is 2.03. The van der Waals surface area contributed by atoms with E-state index in [0.29, 0.717) is 25.3 Å². The number of benzene rings is 1. The number of aliphatic hydroxyl groups is 1. The van der Waals surface area contributed by atoms with Crippen LogP contribution in [0.4, 0.5) is 10.1 Å². The van der Waals surface area contributed by atoms with Gasteiger partial charge in [-0.2, -0.15) is 0 Å². The number of anilines is 1. The SMILES string of the molecule is CC1CN(c2ccccc2F)CC(O)CN1. The fourth-order valence-electron chi connectivity index (χ4n) is 2.03. The number of aliphatic hydroxyl groups excluding tert-OH is 1. The summed E-state index contributed by atoms with van der Waals surface area (Å²) in [6.45, 7) is 3.77. The van der Waals surface area contributed by atoms with Crippen molar-refractivity contribution >= 4 is 5.69 Å². The molecular formula is C12H17FN2O. The van der Waals surface area contributed by atoms with E-state index in [4.69, 9.17) is 0 Å². The maximum atomic E-state index is 13.6. The molecule has 0 aromatic heterocycles. The Morgan fingerprint density at radius 3 is 2.88 bits per heavy atom. The molecule has 16 heavy (non-hydrogen) atoms. The van der Waals surface area contributed by atoms with Crippen molar-refractivity contribution in [3.63, 3.8) is 0 Å². The molecule has 1 aromatic carbocycles. The van der Waals surface area contributed by atoms with Gasteiger partial charge >= 0.3 is 0 Å². The summed E-state index contributed by atoms with van der Waals surface area (Å²) in [5.74, 6) is -0.233. The van der Waals surface area contributed by atoms with Crippen molar-refractivity contribution < 1.29 is 9.50 Å². The fraction of sp³-hybridized carbons (Fsp3) is 0.500. The molecule has 0 spiro atoms. The zero-order valence-electron chi connectivity index (χ0n) is 9.36. The van der Waals surface area contributed by atoms with Crippen molar-refractivity contribution in [3.8, 4) is 0 Å². The van der Waals surface area contributed by atoms with Crippen LogP contribution in [-0.2, 0) is 0 Å². The van der Waals surface area contributed by atoms with Crippen LogP contribution in [0.1, 0.15) is 6.92 Å². The van der Waals surface area contributed by atoms with Gasteiger partial charge in [-0.25, -0.2) is 4.39 Å². The Bertz CT molecular complexity index is 347. The molecule has 0 radical (unpaired) electrons. The molecule has 1 saturated heterocycles. The summed E-state index contributed by atoms with van der Waals surface area (Å²) >= 11 is 0. The van der Waals surface area contributed by atoms with Crippen LogP contribution in [0.5, 0.6) is 0 Å². The van der Waals surface area contributed by atoms with Gasteiger partial charge in [0.2, 0.25) is 0 Å². The number of β-amino-alcohol motifs (C(OH)–C–C–N with tert-alkyl or cyclic N) is 1. The number of rotatable bonds is 1. The number of nitrogens with zero attached hydrogens (tertiary/aromatic N) is 1. The minimum Gasteiger partial charge on any atom is -0.390 e. The molecule has 0 aliphatic carbocycles. The van der Waals surface area contributed by atoms with Crippen LogP contribution in [0.15, 0.2) is 24.3 Å². The minimum atomic E-state index is -0.454. The van der Waals surface area contributed by atoms with Gasteiger partial charge in [0.25, 0.3) is 0 Å². The second-order valence-corrected chi connectivity index (χ2v) is 4.32. The van der Waals surface area contributed by atoms with Gasteiger partial charge in [-0.05, 0) is 19.1 Å². The Labute approximate surface area is 94.9 Å². The number of halogens is 1. The third-order valence-corrected chi connectivity index (χ3v) is 2.82. The first kappa shape index (κ1) is 11.4. The van der Waals surface area contributed by atoms with E-state index in [0.717, 1.165) is 0 Å². The first-order valence-electron chi connectivity index (χ1n) is 5.57. The van der Waals surface area contributed by atoms with Gasteiger partial charge < -0.3 is 15.3 Å². The Morgan fingerprint density at radius 2 is 2.12 bits per heavy atom. The quantitative estimate of drug-likeness (QED) is 0.746. The van der Waals surface area contributed by atoms with Gasteiger partial charge in [0, 0.05) is 25.7 Å². The lowest BCUT2D eigenvalue weighted by molar-refractivity contribution is 0.183. The summed E-state index contributed by atoms with van der Waals surface area (Å²) in [6, 6.07) is 6.93. The zero-order valence-corrected chi connectivity index (χ0v) is 9.36. The molecule has 1 heterocycles. The van der Waals surface area contributed by atoms with Crippen LogP contribution >= 0.6 is 0 Å². The normalized spacial score (nSPS) is 26.6. The van der Waals surface area contributed by atoms with E-state index in [1.807, 2.05) is 17.9 Å². The van der Waals surface area contributed by atoms with E-state index in [1.54, 1.807) is 12.1 Å². The molecule has 2 atom stereocenters. The van der Waals surface area contributed by atoms with Crippen molar-refractivity contribution in [1.82, 2.24) is 5.32 Å². The first-order chi connectivity index (χ1) is 7.66. The molecule has 0 bridgehead atoms. The summed E-state index contributed by atoms with van der Waals surface area (Å²) in [7, 11) is 0. The van der Waals surface area contributed by atoms with E-state index < -0.39 is 6.10 Å². The Hall–Kier alpha value is -1.13. The van der Waals surface area contributed by atoms with Crippen LogP contribution in [0, 0.1) is 5.82 Å². The number of hydrogen-bond donors (Lipinski definition) is 2. The second kappa shape index (κ2) is 4.80. The molecule has 1 aliphatic heterocycles. The van der Waals surface area contributed by atoms with Crippen LogP contribution < -0.4 is 10.2 Å². The third kappa shape index (κ3) is 2.51. The molecule has 2 rings (SSSR count). The van der Waals surface area contributed by atoms with E-state index >= 15 is 0 Å². The Balaban J connectivity index is 2.21. The van der Waals surface area contributed by atoms with Crippen molar-refractivity contribution in [2.45, 2.75) is 19.1 Å². The van der Waals surface area contributed by atoms with Gasteiger partial charge in [0.15, 0.2) is 0 Å². The molecular weight excluding hydrogens is 207 g/mol. The molecule has 1 aromatic rings. The lowest BCUT2D eigenvalue weighted by Gasteiger charge is -2.26. The monoisotopic (exact) mass is 224 g/mol.